The van der Waals surface area contributed by atoms with Gasteiger partial charge < -0.3 is 14.5 Å². The molecular weight excluding hydrogens is 414 g/mol. The van der Waals surface area contributed by atoms with Crippen LogP contribution in [0.3, 0.4) is 0 Å². The lowest BCUT2D eigenvalue weighted by molar-refractivity contribution is -0.131. The summed E-state index contributed by atoms with van der Waals surface area (Å²) in [6.45, 7) is 5.06. The minimum absolute atomic E-state index is 0.0765. The molecule has 1 fully saturated rings. The van der Waals surface area contributed by atoms with Crippen LogP contribution in [-0.2, 0) is 14.8 Å². The zero-order valence-corrected chi connectivity index (χ0v) is 19.3. The van der Waals surface area contributed by atoms with Crippen LogP contribution in [-0.4, -0.2) is 65.3 Å². The number of benzene rings is 2. The van der Waals surface area contributed by atoms with Gasteiger partial charge in [-0.15, -0.1) is 0 Å². The van der Waals surface area contributed by atoms with Gasteiger partial charge in [-0.05, 0) is 49.2 Å². The molecular formula is C23H31N3O4S. The number of piperazine rings is 1. The highest BCUT2D eigenvalue weighted by Gasteiger charge is 2.23. The molecule has 0 bridgehead atoms. The third-order valence-corrected chi connectivity index (χ3v) is 6.79. The number of ether oxygens (including phenoxy) is 1. The molecule has 0 saturated carbocycles. The second-order valence-corrected chi connectivity index (χ2v) is 9.70. The summed E-state index contributed by atoms with van der Waals surface area (Å²) in [5.74, 6) is 0.902. The number of sulfonamides is 1. The van der Waals surface area contributed by atoms with E-state index < -0.39 is 10.0 Å². The molecule has 1 saturated heterocycles. The summed E-state index contributed by atoms with van der Waals surface area (Å²) >= 11 is 0. The number of carbonyl (C=O) groups is 1. The predicted octanol–water partition coefficient (Wildman–Crippen LogP) is 2.90. The Morgan fingerprint density at radius 1 is 1.03 bits per heavy atom. The smallest absolute Gasteiger partial charge is 0.232 e. The van der Waals surface area contributed by atoms with E-state index in [-0.39, 0.29) is 5.91 Å². The van der Waals surface area contributed by atoms with Crippen LogP contribution in [0.5, 0.6) is 5.75 Å². The first kappa shape index (κ1) is 22.9. The third kappa shape index (κ3) is 5.91. The van der Waals surface area contributed by atoms with Crippen LogP contribution in [0.25, 0.3) is 0 Å². The van der Waals surface area contributed by atoms with Gasteiger partial charge in [-0.3, -0.25) is 9.10 Å². The minimum atomic E-state index is -3.41. The molecule has 7 nitrogen and oxygen atoms in total. The molecule has 1 aliphatic rings. The predicted molar refractivity (Wildman–Crippen MR) is 124 cm³/mol. The van der Waals surface area contributed by atoms with Gasteiger partial charge in [0, 0.05) is 44.8 Å². The highest BCUT2D eigenvalue weighted by Crippen LogP contribution is 2.23. The summed E-state index contributed by atoms with van der Waals surface area (Å²) in [5.41, 5.74) is 2.69. The van der Waals surface area contributed by atoms with Gasteiger partial charge in [0.05, 0.1) is 19.1 Å². The Labute approximate surface area is 185 Å². The van der Waals surface area contributed by atoms with E-state index in [1.807, 2.05) is 54.3 Å². The molecule has 168 valence electrons. The van der Waals surface area contributed by atoms with E-state index in [9.17, 15) is 13.2 Å². The number of para-hydroxylation sites is 1. The van der Waals surface area contributed by atoms with Crippen LogP contribution in [0.2, 0.25) is 0 Å². The number of carbonyl (C=O) groups excluding carboxylic acids is 1. The first-order valence-corrected chi connectivity index (χ1v) is 12.3. The first-order chi connectivity index (χ1) is 14.8. The van der Waals surface area contributed by atoms with E-state index in [0.717, 1.165) is 30.1 Å². The Kier molecular flexibility index (Phi) is 7.43. The topological polar surface area (TPSA) is 70.2 Å². The average Bonchev–Trinajstić information content (AvgIpc) is 2.77. The molecule has 0 radical (unpaired) electrons. The molecule has 0 aliphatic carbocycles. The number of amides is 1. The van der Waals surface area contributed by atoms with E-state index in [1.165, 1.54) is 10.6 Å². The highest BCUT2D eigenvalue weighted by atomic mass is 32.2. The van der Waals surface area contributed by atoms with E-state index >= 15 is 0 Å². The maximum absolute atomic E-state index is 12.7. The van der Waals surface area contributed by atoms with Gasteiger partial charge in [0.1, 0.15) is 5.75 Å². The number of hydrogen-bond donors (Lipinski definition) is 0. The largest absolute Gasteiger partial charge is 0.497 e. The lowest BCUT2D eigenvalue weighted by Gasteiger charge is -2.36. The van der Waals surface area contributed by atoms with Crippen molar-refractivity contribution in [3.8, 4) is 5.75 Å². The fraction of sp³-hybridized carbons (Fsp3) is 0.435. The number of aryl methyl sites for hydroxylation is 1. The lowest BCUT2D eigenvalue weighted by Crippen LogP contribution is -2.48. The van der Waals surface area contributed by atoms with Gasteiger partial charge in [0.25, 0.3) is 0 Å². The Balaban J connectivity index is 1.51. The summed E-state index contributed by atoms with van der Waals surface area (Å²) in [5, 5.41) is 0. The SMILES string of the molecule is COc1ccc(N2CCN(C(=O)CCCN(c3ccccc3C)S(C)(=O)=O)CC2)cc1. The van der Waals surface area contributed by atoms with Crippen molar-refractivity contribution in [3.63, 3.8) is 0 Å². The lowest BCUT2D eigenvalue weighted by atomic mass is 10.2. The van der Waals surface area contributed by atoms with Gasteiger partial charge in [0.2, 0.25) is 15.9 Å². The second kappa shape index (κ2) is 10.0. The van der Waals surface area contributed by atoms with Crippen molar-refractivity contribution in [1.82, 2.24) is 4.90 Å². The fourth-order valence-corrected chi connectivity index (χ4v) is 4.87. The van der Waals surface area contributed by atoms with Crippen LogP contribution >= 0.6 is 0 Å². The van der Waals surface area contributed by atoms with Gasteiger partial charge in [-0.25, -0.2) is 8.42 Å². The Hall–Kier alpha value is -2.74. The van der Waals surface area contributed by atoms with Crippen LogP contribution in [0.4, 0.5) is 11.4 Å². The van der Waals surface area contributed by atoms with Crippen molar-refractivity contribution >= 4 is 27.3 Å². The Bertz CT molecular complexity index is 984. The fourth-order valence-electron chi connectivity index (χ4n) is 3.85. The number of nitrogens with zero attached hydrogens (tertiary/aromatic N) is 3. The molecule has 1 aliphatic heterocycles. The van der Waals surface area contributed by atoms with Crippen LogP contribution in [0.15, 0.2) is 48.5 Å². The summed E-state index contributed by atoms with van der Waals surface area (Å²) < 4.78 is 31.2. The standard InChI is InChI=1S/C23H31N3O4S/c1-19-7-4-5-8-22(19)26(31(3,28)29)14-6-9-23(27)25-17-15-24(16-18-25)20-10-12-21(30-2)13-11-20/h4-5,7-8,10-13H,6,9,14-18H2,1-3H3. The van der Waals surface area contributed by atoms with E-state index in [4.69, 9.17) is 4.74 Å². The Morgan fingerprint density at radius 2 is 1.68 bits per heavy atom. The molecule has 0 spiro atoms. The van der Waals surface area contributed by atoms with Gasteiger partial charge in [-0.1, -0.05) is 18.2 Å². The molecule has 0 N–H and O–H groups in total. The first-order valence-electron chi connectivity index (χ1n) is 10.5. The molecule has 3 rings (SSSR count). The molecule has 1 heterocycles. The quantitative estimate of drug-likeness (QED) is 0.625. The number of methoxy groups -OCH3 is 1. The normalized spacial score (nSPS) is 14.4. The molecule has 1 amide bonds. The van der Waals surface area contributed by atoms with Crippen molar-refractivity contribution in [2.75, 3.05) is 55.3 Å². The molecule has 8 heteroatoms. The number of anilines is 2. The van der Waals surface area contributed by atoms with E-state index in [2.05, 4.69) is 4.90 Å². The van der Waals surface area contributed by atoms with Gasteiger partial charge in [0.15, 0.2) is 0 Å². The zero-order valence-electron chi connectivity index (χ0n) is 18.5. The van der Waals surface area contributed by atoms with Crippen LogP contribution < -0.4 is 13.9 Å². The summed E-state index contributed by atoms with van der Waals surface area (Å²) in [4.78, 5) is 16.8. The van der Waals surface area contributed by atoms with Crippen LogP contribution in [0.1, 0.15) is 18.4 Å². The van der Waals surface area contributed by atoms with Crippen molar-refractivity contribution in [2.45, 2.75) is 19.8 Å². The van der Waals surface area contributed by atoms with Crippen molar-refractivity contribution in [3.05, 3.63) is 54.1 Å². The van der Waals surface area contributed by atoms with E-state index in [1.54, 1.807) is 13.2 Å². The maximum Gasteiger partial charge on any atom is 0.232 e. The van der Waals surface area contributed by atoms with Gasteiger partial charge in [-0.2, -0.15) is 0 Å². The second-order valence-electron chi connectivity index (χ2n) is 7.79. The molecule has 0 unspecified atom stereocenters. The van der Waals surface area contributed by atoms with Crippen molar-refractivity contribution in [2.24, 2.45) is 0 Å². The summed E-state index contributed by atoms with van der Waals surface area (Å²) in [6.07, 6.45) is 2.03. The molecule has 0 aromatic heterocycles. The highest BCUT2D eigenvalue weighted by molar-refractivity contribution is 7.92. The van der Waals surface area contributed by atoms with Gasteiger partial charge >= 0.3 is 0 Å². The number of rotatable bonds is 8. The Morgan fingerprint density at radius 3 is 2.26 bits per heavy atom. The summed E-state index contributed by atoms with van der Waals surface area (Å²) in [6, 6.07) is 15.3. The monoisotopic (exact) mass is 445 g/mol. The molecule has 31 heavy (non-hydrogen) atoms. The van der Waals surface area contributed by atoms with Crippen LogP contribution in [0, 0.1) is 6.92 Å². The van der Waals surface area contributed by atoms with E-state index in [0.29, 0.717) is 38.2 Å². The average molecular weight is 446 g/mol. The zero-order chi connectivity index (χ0) is 22.4. The van der Waals surface area contributed by atoms with Crippen molar-refractivity contribution < 1.29 is 17.9 Å². The maximum atomic E-state index is 12.7. The number of hydrogen-bond acceptors (Lipinski definition) is 5. The van der Waals surface area contributed by atoms with Crippen molar-refractivity contribution in [1.29, 1.82) is 0 Å². The molecule has 0 atom stereocenters. The molecule has 2 aromatic rings. The minimum Gasteiger partial charge on any atom is -0.497 e. The summed E-state index contributed by atoms with van der Waals surface area (Å²) in [7, 11) is -1.77. The third-order valence-electron chi connectivity index (χ3n) is 5.61. The molecule has 2 aromatic carbocycles.